The summed E-state index contributed by atoms with van der Waals surface area (Å²) in [5, 5.41) is 3.75. The average Bonchev–Trinajstić information content (AvgIpc) is 3.02. The second kappa shape index (κ2) is 6.79. The summed E-state index contributed by atoms with van der Waals surface area (Å²) in [7, 11) is 0. The molecule has 0 aliphatic rings. The molecule has 0 saturated carbocycles. The molecule has 0 fully saturated rings. The first-order valence-corrected chi connectivity index (χ1v) is 7.91. The molecule has 1 N–H and O–H groups in total. The van der Waals surface area contributed by atoms with E-state index in [9.17, 15) is 0 Å². The highest BCUT2D eigenvalue weighted by Gasteiger charge is 2.09. The zero-order chi connectivity index (χ0) is 16.2. The van der Waals surface area contributed by atoms with Gasteiger partial charge in [0, 0.05) is 28.8 Å². The third kappa shape index (κ3) is 3.68. The molecule has 2 heterocycles. The Labute approximate surface area is 139 Å². The number of oxazole rings is 1. The largest absolute Gasteiger partial charge is 0.429 e. The lowest BCUT2D eigenvalue weighted by Gasteiger charge is -2.07. The van der Waals surface area contributed by atoms with E-state index in [1.54, 1.807) is 6.20 Å². The summed E-state index contributed by atoms with van der Waals surface area (Å²) in [5.74, 6) is 2.10. The number of benzene rings is 1. The minimum Gasteiger partial charge on any atom is -0.429 e. The van der Waals surface area contributed by atoms with E-state index >= 15 is 0 Å². The van der Waals surface area contributed by atoms with Gasteiger partial charge in [-0.1, -0.05) is 37.6 Å². The molecule has 0 amide bonds. The van der Waals surface area contributed by atoms with Gasteiger partial charge in [-0.3, -0.25) is 5.32 Å². The fraction of sp³-hybridized carbons (Fsp3) is 0.235. The molecular formula is C17H17ClN4O. The zero-order valence-corrected chi connectivity index (χ0v) is 13.8. The molecular weight excluding hydrogens is 312 g/mol. The molecule has 0 bridgehead atoms. The van der Waals surface area contributed by atoms with Gasteiger partial charge in [-0.25, -0.2) is 15.0 Å². The quantitative estimate of drug-likeness (QED) is 0.738. The summed E-state index contributed by atoms with van der Waals surface area (Å²) in [6, 6.07) is 9.82. The molecule has 3 rings (SSSR count). The molecule has 0 spiro atoms. The lowest BCUT2D eigenvalue weighted by Crippen LogP contribution is -2.00. The van der Waals surface area contributed by atoms with Gasteiger partial charge in [0.2, 0.25) is 0 Å². The van der Waals surface area contributed by atoms with Crippen LogP contribution in [0.5, 0.6) is 0 Å². The Hall–Kier alpha value is -2.40. The van der Waals surface area contributed by atoms with Crippen molar-refractivity contribution in [2.24, 2.45) is 0 Å². The summed E-state index contributed by atoms with van der Waals surface area (Å²) in [4.78, 5) is 13.3. The van der Waals surface area contributed by atoms with Crippen LogP contribution in [0.15, 0.2) is 40.9 Å². The van der Waals surface area contributed by atoms with Crippen molar-refractivity contribution in [3.8, 4) is 11.4 Å². The number of rotatable bonds is 5. The molecule has 0 saturated heterocycles. The van der Waals surface area contributed by atoms with Crippen molar-refractivity contribution in [3.05, 3.63) is 53.0 Å². The molecule has 0 aliphatic heterocycles. The third-order valence-corrected chi connectivity index (χ3v) is 3.60. The van der Waals surface area contributed by atoms with Crippen molar-refractivity contribution >= 4 is 23.4 Å². The van der Waals surface area contributed by atoms with E-state index in [1.807, 2.05) is 44.2 Å². The van der Waals surface area contributed by atoms with Crippen LogP contribution in [0.1, 0.15) is 25.3 Å². The molecule has 23 heavy (non-hydrogen) atoms. The summed E-state index contributed by atoms with van der Waals surface area (Å²) in [6.07, 6.45) is 3.31. The molecule has 2 aromatic heterocycles. The predicted octanol–water partition coefficient (Wildman–Crippen LogP) is 4.65. The van der Waals surface area contributed by atoms with Crippen LogP contribution >= 0.6 is 11.6 Å². The van der Waals surface area contributed by atoms with Gasteiger partial charge < -0.3 is 4.42 Å². The number of nitrogens with zero attached hydrogens (tertiary/aromatic N) is 3. The van der Waals surface area contributed by atoms with E-state index in [1.165, 1.54) is 0 Å². The zero-order valence-electron chi connectivity index (χ0n) is 13.0. The van der Waals surface area contributed by atoms with Gasteiger partial charge >= 0.3 is 0 Å². The van der Waals surface area contributed by atoms with Gasteiger partial charge in [0.25, 0.3) is 6.01 Å². The minimum atomic E-state index is 0.430. The standard InChI is InChI=1S/C17H17ClN4O/c1-3-13-9-15(22-17-19-10-14(4-2)23-17)21-16(20-13)11-6-5-7-12(18)8-11/h5-10H,3-4H2,1-2H3,(H,19,20,21,22). The predicted molar refractivity (Wildman–Crippen MR) is 91.0 cm³/mol. The molecule has 6 heteroatoms. The van der Waals surface area contributed by atoms with Crippen LogP contribution < -0.4 is 5.32 Å². The van der Waals surface area contributed by atoms with Crippen LogP contribution in [-0.2, 0) is 12.8 Å². The van der Waals surface area contributed by atoms with Gasteiger partial charge in [-0.2, -0.15) is 0 Å². The molecule has 0 atom stereocenters. The molecule has 5 nitrogen and oxygen atoms in total. The third-order valence-electron chi connectivity index (χ3n) is 3.36. The van der Waals surface area contributed by atoms with Crippen LogP contribution in [0, 0.1) is 0 Å². The molecule has 0 radical (unpaired) electrons. The summed E-state index contributed by atoms with van der Waals surface area (Å²) in [6.45, 7) is 4.07. The lowest BCUT2D eigenvalue weighted by atomic mass is 10.2. The van der Waals surface area contributed by atoms with Gasteiger partial charge in [-0.05, 0) is 18.6 Å². The maximum atomic E-state index is 6.06. The van der Waals surface area contributed by atoms with E-state index in [2.05, 4.69) is 20.3 Å². The van der Waals surface area contributed by atoms with Crippen molar-refractivity contribution in [2.45, 2.75) is 26.7 Å². The van der Waals surface area contributed by atoms with Crippen LogP contribution in [-0.4, -0.2) is 15.0 Å². The maximum absolute atomic E-state index is 6.06. The number of aryl methyl sites for hydroxylation is 2. The molecule has 1 aromatic carbocycles. The smallest absolute Gasteiger partial charge is 0.300 e. The maximum Gasteiger partial charge on any atom is 0.300 e. The Bertz CT molecular complexity index is 816. The average molecular weight is 329 g/mol. The molecule has 118 valence electrons. The van der Waals surface area contributed by atoms with E-state index in [0.717, 1.165) is 29.9 Å². The monoisotopic (exact) mass is 328 g/mol. The van der Waals surface area contributed by atoms with Crippen LogP contribution in [0.2, 0.25) is 5.02 Å². The molecule has 0 aliphatic carbocycles. The van der Waals surface area contributed by atoms with Crippen molar-refractivity contribution in [1.82, 2.24) is 15.0 Å². The number of nitrogens with one attached hydrogen (secondary N) is 1. The van der Waals surface area contributed by atoms with Crippen LogP contribution in [0.4, 0.5) is 11.8 Å². The first kappa shape index (κ1) is 15.5. The Balaban J connectivity index is 1.95. The molecule has 3 aromatic rings. The van der Waals surface area contributed by atoms with Crippen molar-refractivity contribution in [1.29, 1.82) is 0 Å². The SMILES string of the molecule is CCc1cc(Nc2ncc(CC)o2)nc(-c2cccc(Cl)c2)n1. The van der Waals surface area contributed by atoms with Gasteiger partial charge in [0.15, 0.2) is 5.82 Å². The number of anilines is 2. The highest BCUT2D eigenvalue weighted by atomic mass is 35.5. The fourth-order valence-electron chi connectivity index (χ4n) is 2.14. The van der Waals surface area contributed by atoms with Crippen molar-refractivity contribution < 1.29 is 4.42 Å². The Kier molecular flexibility index (Phi) is 4.57. The van der Waals surface area contributed by atoms with E-state index in [0.29, 0.717) is 22.7 Å². The van der Waals surface area contributed by atoms with Crippen LogP contribution in [0.3, 0.4) is 0 Å². The van der Waals surface area contributed by atoms with E-state index in [-0.39, 0.29) is 0 Å². The Morgan fingerprint density at radius 3 is 2.70 bits per heavy atom. The van der Waals surface area contributed by atoms with Gasteiger partial charge in [0.05, 0.1) is 6.20 Å². The second-order valence-electron chi connectivity index (χ2n) is 5.04. The van der Waals surface area contributed by atoms with Crippen molar-refractivity contribution in [3.63, 3.8) is 0 Å². The van der Waals surface area contributed by atoms with Crippen molar-refractivity contribution in [2.75, 3.05) is 5.32 Å². The molecule has 0 unspecified atom stereocenters. The Morgan fingerprint density at radius 2 is 2.00 bits per heavy atom. The van der Waals surface area contributed by atoms with E-state index in [4.69, 9.17) is 16.0 Å². The number of aromatic nitrogens is 3. The number of hydrogen-bond acceptors (Lipinski definition) is 5. The first-order valence-electron chi connectivity index (χ1n) is 7.53. The van der Waals surface area contributed by atoms with Gasteiger partial charge in [0.1, 0.15) is 11.6 Å². The summed E-state index contributed by atoms with van der Waals surface area (Å²) in [5.41, 5.74) is 1.80. The topological polar surface area (TPSA) is 63.8 Å². The summed E-state index contributed by atoms with van der Waals surface area (Å²) >= 11 is 6.06. The first-order chi connectivity index (χ1) is 11.2. The highest BCUT2D eigenvalue weighted by molar-refractivity contribution is 6.30. The lowest BCUT2D eigenvalue weighted by molar-refractivity contribution is 0.527. The fourth-order valence-corrected chi connectivity index (χ4v) is 2.33. The Morgan fingerprint density at radius 1 is 1.13 bits per heavy atom. The van der Waals surface area contributed by atoms with E-state index < -0.39 is 0 Å². The summed E-state index contributed by atoms with van der Waals surface area (Å²) < 4.78 is 5.57. The minimum absolute atomic E-state index is 0.430. The number of hydrogen-bond donors (Lipinski definition) is 1. The highest BCUT2D eigenvalue weighted by Crippen LogP contribution is 2.23. The van der Waals surface area contributed by atoms with Gasteiger partial charge in [-0.15, -0.1) is 0 Å². The van der Waals surface area contributed by atoms with Crippen LogP contribution in [0.25, 0.3) is 11.4 Å². The number of halogens is 1. The normalized spacial score (nSPS) is 10.7. The second-order valence-corrected chi connectivity index (χ2v) is 5.48.